The summed E-state index contributed by atoms with van der Waals surface area (Å²) in [5.74, 6) is 0.148. The van der Waals surface area contributed by atoms with Gasteiger partial charge in [0.25, 0.3) is 0 Å². The van der Waals surface area contributed by atoms with Crippen molar-refractivity contribution in [3.63, 3.8) is 0 Å². The van der Waals surface area contributed by atoms with Gasteiger partial charge in [0.2, 0.25) is 0 Å². The number of nitrogens with zero attached hydrogens (tertiary/aromatic N) is 1. The van der Waals surface area contributed by atoms with Crippen LogP contribution < -0.4 is 5.73 Å². The predicted molar refractivity (Wildman–Crippen MR) is 73.6 cm³/mol. The molecular formula is C13H20N2O3S. The van der Waals surface area contributed by atoms with Crippen molar-refractivity contribution in [2.75, 3.05) is 38.6 Å². The first-order valence-electron chi connectivity index (χ1n) is 6.44. The third kappa shape index (κ3) is 4.01. The molecule has 2 N–H and O–H groups in total. The molecule has 1 saturated heterocycles. The zero-order valence-corrected chi connectivity index (χ0v) is 11.7. The van der Waals surface area contributed by atoms with Gasteiger partial charge in [-0.15, -0.1) is 0 Å². The second-order valence-electron chi connectivity index (χ2n) is 4.62. The third-order valence-electron chi connectivity index (χ3n) is 3.30. The summed E-state index contributed by atoms with van der Waals surface area (Å²) in [7, 11) is -3.21. The quantitative estimate of drug-likeness (QED) is 0.839. The summed E-state index contributed by atoms with van der Waals surface area (Å²) in [4.78, 5) is 2.49. The average Bonchev–Trinajstić information content (AvgIpc) is 2.46. The molecule has 0 amide bonds. The minimum atomic E-state index is -3.21. The Balaban J connectivity index is 1.96. The lowest BCUT2D eigenvalue weighted by molar-refractivity contribution is 0.0408. The lowest BCUT2D eigenvalue weighted by Crippen LogP contribution is -2.39. The van der Waals surface area contributed by atoms with E-state index in [0.717, 1.165) is 18.7 Å². The molecule has 0 saturated carbocycles. The summed E-state index contributed by atoms with van der Waals surface area (Å²) < 4.78 is 29.6. The molecule has 0 radical (unpaired) electrons. The maximum Gasteiger partial charge on any atom is 0.179 e. The molecular weight excluding hydrogens is 264 g/mol. The Hall–Kier alpha value is -0.950. The van der Waals surface area contributed by atoms with Crippen LogP contribution in [0.1, 0.15) is 5.56 Å². The number of benzene rings is 1. The molecule has 0 aliphatic carbocycles. The van der Waals surface area contributed by atoms with E-state index >= 15 is 0 Å². The zero-order valence-electron chi connectivity index (χ0n) is 10.9. The lowest BCUT2D eigenvalue weighted by Gasteiger charge is -2.26. The van der Waals surface area contributed by atoms with Crippen molar-refractivity contribution < 1.29 is 13.2 Å². The summed E-state index contributed by atoms with van der Waals surface area (Å²) >= 11 is 0. The molecule has 6 heteroatoms. The summed E-state index contributed by atoms with van der Waals surface area (Å²) in [5, 5.41) is 0. The molecule has 0 unspecified atom stereocenters. The van der Waals surface area contributed by atoms with Gasteiger partial charge >= 0.3 is 0 Å². The number of ether oxygens (including phenoxy) is 1. The van der Waals surface area contributed by atoms with E-state index < -0.39 is 9.84 Å². The molecule has 2 rings (SSSR count). The van der Waals surface area contributed by atoms with Gasteiger partial charge in [0.05, 0.1) is 23.9 Å². The molecule has 1 fully saturated rings. The molecule has 1 aliphatic heterocycles. The van der Waals surface area contributed by atoms with Gasteiger partial charge in [-0.1, -0.05) is 12.1 Å². The molecule has 0 atom stereocenters. The van der Waals surface area contributed by atoms with E-state index in [0.29, 0.717) is 31.2 Å². The fraction of sp³-hybridized carbons (Fsp3) is 0.538. The largest absolute Gasteiger partial charge is 0.379 e. The lowest BCUT2D eigenvalue weighted by atomic mass is 10.2. The predicted octanol–water partition coefficient (Wildman–Crippen LogP) is 0.251. The Bertz CT molecular complexity index is 493. The van der Waals surface area contributed by atoms with Crippen molar-refractivity contribution in [1.29, 1.82) is 0 Å². The first-order chi connectivity index (χ1) is 9.12. The average molecular weight is 284 g/mol. The first kappa shape index (κ1) is 14.5. The molecule has 106 valence electrons. The summed E-state index contributed by atoms with van der Waals surface area (Å²) in [5.41, 5.74) is 6.43. The molecule has 1 aromatic carbocycles. The van der Waals surface area contributed by atoms with Crippen molar-refractivity contribution in [2.45, 2.75) is 11.4 Å². The van der Waals surface area contributed by atoms with Crippen LogP contribution in [0, 0.1) is 0 Å². The van der Waals surface area contributed by atoms with Crippen LogP contribution in [0.2, 0.25) is 0 Å². The number of sulfone groups is 1. The van der Waals surface area contributed by atoms with Crippen LogP contribution in [0.25, 0.3) is 0 Å². The van der Waals surface area contributed by atoms with E-state index in [1.54, 1.807) is 24.3 Å². The minimum absolute atomic E-state index is 0.148. The van der Waals surface area contributed by atoms with Gasteiger partial charge in [-0.3, -0.25) is 4.90 Å². The van der Waals surface area contributed by atoms with Gasteiger partial charge < -0.3 is 10.5 Å². The molecule has 0 bridgehead atoms. The van der Waals surface area contributed by atoms with Crippen LogP contribution in [0.5, 0.6) is 0 Å². The maximum absolute atomic E-state index is 12.2. The standard InChI is InChI=1S/C13H20N2O3S/c14-11-12-1-3-13(4-2-12)19(16,17)10-7-15-5-8-18-9-6-15/h1-4H,5-11,14H2. The smallest absolute Gasteiger partial charge is 0.179 e. The Morgan fingerprint density at radius 3 is 2.37 bits per heavy atom. The van der Waals surface area contributed by atoms with Gasteiger partial charge in [0.15, 0.2) is 9.84 Å². The normalized spacial score (nSPS) is 17.5. The number of hydrogen-bond acceptors (Lipinski definition) is 5. The highest BCUT2D eigenvalue weighted by molar-refractivity contribution is 7.91. The Morgan fingerprint density at radius 2 is 1.79 bits per heavy atom. The van der Waals surface area contributed by atoms with Gasteiger partial charge in [0.1, 0.15) is 0 Å². The monoisotopic (exact) mass is 284 g/mol. The minimum Gasteiger partial charge on any atom is -0.379 e. The van der Waals surface area contributed by atoms with Crippen molar-refractivity contribution in [1.82, 2.24) is 4.90 Å². The molecule has 0 aromatic heterocycles. The van der Waals surface area contributed by atoms with Crippen LogP contribution in [0.4, 0.5) is 0 Å². The zero-order chi connectivity index (χ0) is 13.7. The summed E-state index contributed by atoms with van der Waals surface area (Å²) in [6.45, 7) is 3.97. The Kier molecular flexibility index (Phi) is 4.93. The molecule has 1 heterocycles. The van der Waals surface area contributed by atoms with Crippen molar-refractivity contribution in [2.24, 2.45) is 5.73 Å². The maximum atomic E-state index is 12.2. The Morgan fingerprint density at radius 1 is 1.16 bits per heavy atom. The van der Waals surface area contributed by atoms with E-state index in [2.05, 4.69) is 4.90 Å². The second-order valence-corrected chi connectivity index (χ2v) is 6.73. The van der Waals surface area contributed by atoms with Gasteiger partial charge in [-0.2, -0.15) is 0 Å². The van der Waals surface area contributed by atoms with Crippen LogP contribution in [-0.2, 0) is 21.1 Å². The number of rotatable bonds is 5. The number of nitrogens with two attached hydrogens (primary N) is 1. The van der Waals surface area contributed by atoms with E-state index in [9.17, 15) is 8.42 Å². The van der Waals surface area contributed by atoms with E-state index in [-0.39, 0.29) is 5.75 Å². The number of hydrogen-bond donors (Lipinski definition) is 1. The van der Waals surface area contributed by atoms with E-state index in [1.165, 1.54) is 0 Å². The third-order valence-corrected chi connectivity index (χ3v) is 5.01. The summed E-state index contributed by atoms with van der Waals surface area (Å²) in [6.07, 6.45) is 0. The van der Waals surface area contributed by atoms with Gasteiger partial charge in [-0.25, -0.2) is 8.42 Å². The van der Waals surface area contributed by atoms with Crippen LogP contribution in [-0.4, -0.2) is 51.9 Å². The SMILES string of the molecule is NCc1ccc(S(=O)(=O)CCN2CCOCC2)cc1. The molecule has 19 heavy (non-hydrogen) atoms. The summed E-state index contributed by atoms with van der Waals surface area (Å²) in [6, 6.07) is 6.80. The molecule has 5 nitrogen and oxygen atoms in total. The molecule has 0 spiro atoms. The second kappa shape index (κ2) is 6.47. The van der Waals surface area contributed by atoms with Crippen molar-refractivity contribution in [3.8, 4) is 0 Å². The van der Waals surface area contributed by atoms with Crippen molar-refractivity contribution >= 4 is 9.84 Å². The van der Waals surface area contributed by atoms with Crippen molar-refractivity contribution in [3.05, 3.63) is 29.8 Å². The fourth-order valence-electron chi connectivity index (χ4n) is 2.02. The van der Waals surface area contributed by atoms with Gasteiger partial charge in [-0.05, 0) is 17.7 Å². The van der Waals surface area contributed by atoms with E-state index in [4.69, 9.17) is 10.5 Å². The highest BCUT2D eigenvalue weighted by atomic mass is 32.2. The number of morpholine rings is 1. The topological polar surface area (TPSA) is 72.6 Å². The first-order valence-corrected chi connectivity index (χ1v) is 8.09. The fourth-order valence-corrected chi connectivity index (χ4v) is 3.31. The highest BCUT2D eigenvalue weighted by Crippen LogP contribution is 2.13. The molecule has 1 aromatic rings. The van der Waals surface area contributed by atoms with Crippen LogP contribution >= 0.6 is 0 Å². The highest BCUT2D eigenvalue weighted by Gasteiger charge is 2.17. The molecule has 1 aliphatic rings. The van der Waals surface area contributed by atoms with Crippen LogP contribution in [0.15, 0.2) is 29.2 Å². The van der Waals surface area contributed by atoms with E-state index in [1.807, 2.05) is 0 Å². The van der Waals surface area contributed by atoms with Crippen LogP contribution in [0.3, 0.4) is 0 Å². The Labute approximate surface area is 114 Å². The van der Waals surface area contributed by atoms with Gasteiger partial charge in [0, 0.05) is 26.2 Å².